The number of piperidine rings is 1. The number of aliphatic hydroxyl groups is 1. The molecule has 1 aromatic carbocycles. The van der Waals surface area contributed by atoms with Crippen molar-refractivity contribution in [1.82, 2.24) is 9.88 Å². The fourth-order valence-electron chi connectivity index (χ4n) is 4.49. The SMILES string of the molecule is C[C@H]1O[C@@H](c2ccncc2[N+](=O)[O-])C[C@H]2N(Cc3ccccc3)C(=O)CC[C@@]12O. The van der Waals surface area contributed by atoms with Crippen LogP contribution in [0.15, 0.2) is 48.8 Å². The molecule has 0 aliphatic carbocycles. The summed E-state index contributed by atoms with van der Waals surface area (Å²) >= 11 is 0. The lowest BCUT2D eigenvalue weighted by Crippen LogP contribution is -2.66. The van der Waals surface area contributed by atoms with Crippen molar-refractivity contribution >= 4 is 11.6 Å². The van der Waals surface area contributed by atoms with Crippen molar-refractivity contribution in [2.24, 2.45) is 0 Å². The minimum Gasteiger partial charge on any atom is -0.385 e. The largest absolute Gasteiger partial charge is 0.385 e. The summed E-state index contributed by atoms with van der Waals surface area (Å²) in [5.41, 5.74) is 0.0697. The van der Waals surface area contributed by atoms with Gasteiger partial charge in [-0.05, 0) is 25.0 Å². The number of nitrogens with zero attached hydrogens (tertiary/aromatic N) is 3. The summed E-state index contributed by atoms with van der Waals surface area (Å²) in [6.07, 6.45) is 2.35. The van der Waals surface area contributed by atoms with Crippen molar-refractivity contribution < 1.29 is 19.6 Å². The molecular weight excluding hydrogens is 374 g/mol. The molecule has 0 bridgehead atoms. The Balaban J connectivity index is 1.69. The molecule has 2 aromatic rings. The van der Waals surface area contributed by atoms with Crippen LogP contribution in [0.5, 0.6) is 0 Å². The van der Waals surface area contributed by atoms with Crippen molar-refractivity contribution in [2.75, 3.05) is 0 Å². The minimum absolute atomic E-state index is 0.0272. The lowest BCUT2D eigenvalue weighted by Gasteiger charge is -2.54. The van der Waals surface area contributed by atoms with Gasteiger partial charge < -0.3 is 14.7 Å². The van der Waals surface area contributed by atoms with Gasteiger partial charge in [-0.3, -0.25) is 19.9 Å². The molecule has 1 N–H and O–H groups in total. The van der Waals surface area contributed by atoms with Gasteiger partial charge in [0.1, 0.15) is 11.8 Å². The number of pyridine rings is 1. The second-order valence-corrected chi connectivity index (χ2v) is 7.71. The predicted molar refractivity (Wildman–Crippen MR) is 104 cm³/mol. The number of likely N-dealkylation sites (tertiary alicyclic amines) is 1. The van der Waals surface area contributed by atoms with Gasteiger partial charge in [-0.2, -0.15) is 0 Å². The van der Waals surface area contributed by atoms with Gasteiger partial charge in [0, 0.05) is 25.6 Å². The molecule has 3 heterocycles. The molecule has 29 heavy (non-hydrogen) atoms. The second-order valence-electron chi connectivity index (χ2n) is 7.71. The fraction of sp³-hybridized carbons (Fsp3) is 0.429. The Morgan fingerprint density at radius 2 is 2.10 bits per heavy atom. The first-order valence-corrected chi connectivity index (χ1v) is 9.69. The Morgan fingerprint density at radius 3 is 2.83 bits per heavy atom. The van der Waals surface area contributed by atoms with E-state index in [1.807, 2.05) is 30.3 Å². The van der Waals surface area contributed by atoms with Crippen molar-refractivity contribution in [3.63, 3.8) is 0 Å². The number of carbonyl (C=O) groups excluding carboxylic acids is 1. The highest BCUT2D eigenvalue weighted by molar-refractivity contribution is 5.78. The van der Waals surface area contributed by atoms with Crippen LogP contribution >= 0.6 is 0 Å². The monoisotopic (exact) mass is 397 g/mol. The van der Waals surface area contributed by atoms with Crippen molar-refractivity contribution in [3.8, 4) is 0 Å². The number of hydrogen-bond acceptors (Lipinski definition) is 6. The van der Waals surface area contributed by atoms with E-state index >= 15 is 0 Å². The molecule has 1 amide bonds. The average Bonchev–Trinajstić information content (AvgIpc) is 2.72. The molecule has 8 nitrogen and oxygen atoms in total. The maximum absolute atomic E-state index is 12.8. The number of fused-ring (bicyclic) bond motifs is 1. The molecular formula is C21H23N3O5. The van der Waals surface area contributed by atoms with E-state index in [-0.39, 0.29) is 24.4 Å². The van der Waals surface area contributed by atoms with Gasteiger partial charge in [0.25, 0.3) is 5.69 Å². The van der Waals surface area contributed by atoms with E-state index in [9.17, 15) is 20.0 Å². The molecule has 2 fully saturated rings. The number of ether oxygens (including phenoxy) is 1. The van der Waals surface area contributed by atoms with Crippen LogP contribution in [0, 0.1) is 10.1 Å². The highest BCUT2D eigenvalue weighted by atomic mass is 16.6. The highest BCUT2D eigenvalue weighted by Crippen LogP contribution is 2.46. The first kappa shape index (κ1) is 19.5. The van der Waals surface area contributed by atoms with Gasteiger partial charge in [0.2, 0.25) is 5.91 Å². The highest BCUT2D eigenvalue weighted by Gasteiger charge is 2.54. The van der Waals surface area contributed by atoms with Crippen LogP contribution in [-0.2, 0) is 16.1 Å². The first-order valence-electron chi connectivity index (χ1n) is 9.69. The molecule has 2 aliphatic heterocycles. The van der Waals surface area contributed by atoms with Gasteiger partial charge >= 0.3 is 0 Å². The minimum atomic E-state index is -1.19. The number of amides is 1. The maximum Gasteiger partial charge on any atom is 0.293 e. The molecule has 0 spiro atoms. The Kier molecular flexibility index (Phi) is 5.06. The van der Waals surface area contributed by atoms with Crippen molar-refractivity contribution in [3.05, 3.63) is 70.0 Å². The summed E-state index contributed by atoms with van der Waals surface area (Å²) in [4.78, 5) is 29.3. The molecule has 1 aromatic heterocycles. The lowest BCUT2D eigenvalue weighted by molar-refractivity contribution is -0.387. The van der Waals surface area contributed by atoms with Gasteiger partial charge in [-0.1, -0.05) is 30.3 Å². The third kappa shape index (κ3) is 3.49. The summed E-state index contributed by atoms with van der Waals surface area (Å²) < 4.78 is 6.05. The Morgan fingerprint density at radius 1 is 1.34 bits per heavy atom. The summed E-state index contributed by atoms with van der Waals surface area (Å²) in [5, 5.41) is 22.8. The Hall–Kier alpha value is -2.84. The van der Waals surface area contributed by atoms with E-state index in [2.05, 4.69) is 4.98 Å². The van der Waals surface area contributed by atoms with E-state index in [1.54, 1.807) is 17.9 Å². The maximum atomic E-state index is 12.8. The van der Waals surface area contributed by atoms with Crippen LogP contribution in [0.4, 0.5) is 5.69 Å². The van der Waals surface area contributed by atoms with Gasteiger partial charge in [-0.25, -0.2) is 0 Å². The second kappa shape index (κ2) is 7.53. The molecule has 4 rings (SSSR count). The van der Waals surface area contributed by atoms with Gasteiger partial charge in [0.15, 0.2) is 0 Å². The van der Waals surface area contributed by atoms with E-state index in [4.69, 9.17) is 4.74 Å². The topological polar surface area (TPSA) is 106 Å². The fourth-order valence-corrected chi connectivity index (χ4v) is 4.49. The standard InChI is InChI=1S/C21H23N3O5/c1-14-21(26)9-7-20(25)23(13-15-5-3-2-4-6-15)19(21)11-18(29-14)16-8-10-22-12-17(16)24(27)28/h2-6,8,10,12,14,18-19,26H,7,9,11,13H2,1H3/t14-,18-,19-,21-/m1/s1. The third-order valence-electron chi connectivity index (χ3n) is 6.09. The van der Waals surface area contributed by atoms with Crippen LogP contribution < -0.4 is 0 Å². The average molecular weight is 397 g/mol. The number of aromatic nitrogens is 1. The van der Waals surface area contributed by atoms with E-state index in [0.29, 0.717) is 18.5 Å². The van der Waals surface area contributed by atoms with Crippen LogP contribution in [0.25, 0.3) is 0 Å². The zero-order valence-electron chi connectivity index (χ0n) is 16.1. The first-order chi connectivity index (χ1) is 13.9. The summed E-state index contributed by atoms with van der Waals surface area (Å²) in [7, 11) is 0. The lowest BCUT2D eigenvalue weighted by atomic mass is 9.74. The summed E-state index contributed by atoms with van der Waals surface area (Å²) in [6, 6.07) is 10.7. The van der Waals surface area contributed by atoms with Crippen molar-refractivity contribution in [2.45, 2.75) is 56.6 Å². The zero-order chi connectivity index (χ0) is 20.6. The molecule has 152 valence electrons. The van der Waals surface area contributed by atoms with E-state index in [0.717, 1.165) is 5.56 Å². The predicted octanol–water partition coefficient (Wildman–Crippen LogP) is 2.76. The van der Waals surface area contributed by atoms with Gasteiger partial charge in [0.05, 0.1) is 28.7 Å². The van der Waals surface area contributed by atoms with Gasteiger partial charge in [-0.15, -0.1) is 0 Å². The third-order valence-corrected chi connectivity index (χ3v) is 6.09. The number of carbonyl (C=O) groups is 1. The van der Waals surface area contributed by atoms with Crippen LogP contribution in [-0.4, -0.2) is 43.6 Å². The van der Waals surface area contributed by atoms with Crippen LogP contribution in [0.3, 0.4) is 0 Å². The summed E-state index contributed by atoms with van der Waals surface area (Å²) in [6.45, 7) is 2.15. The molecule has 0 radical (unpaired) electrons. The number of benzene rings is 1. The smallest absolute Gasteiger partial charge is 0.293 e. The molecule has 0 unspecified atom stereocenters. The Labute approximate surface area is 168 Å². The number of rotatable bonds is 4. The normalized spacial score (nSPS) is 29.4. The Bertz CT molecular complexity index is 922. The molecule has 2 saturated heterocycles. The molecule has 8 heteroatoms. The quantitative estimate of drug-likeness (QED) is 0.628. The summed E-state index contributed by atoms with van der Waals surface area (Å²) in [5.74, 6) is -0.0272. The van der Waals surface area contributed by atoms with Crippen LogP contribution in [0.1, 0.15) is 43.4 Å². The molecule has 2 aliphatic rings. The van der Waals surface area contributed by atoms with Crippen molar-refractivity contribution in [1.29, 1.82) is 0 Å². The zero-order valence-corrected chi connectivity index (χ0v) is 16.1. The van der Waals surface area contributed by atoms with E-state index in [1.165, 1.54) is 12.4 Å². The van der Waals surface area contributed by atoms with Crippen LogP contribution in [0.2, 0.25) is 0 Å². The molecule has 4 atom stereocenters. The number of hydrogen-bond donors (Lipinski definition) is 1. The van der Waals surface area contributed by atoms with E-state index < -0.39 is 28.8 Å². The number of nitro groups is 1. The molecule has 0 saturated carbocycles.